The lowest BCUT2D eigenvalue weighted by Gasteiger charge is -2.25. The van der Waals surface area contributed by atoms with Crippen LogP contribution in [-0.4, -0.2) is 26.4 Å². The molecule has 5 nitrogen and oxygen atoms in total. The van der Waals surface area contributed by atoms with Crippen LogP contribution in [0.1, 0.15) is 43.3 Å². The largest absolute Gasteiger partial charge is 0.481 e. The van der Waals surface area contributed by atoms with Gasteiger partial charge in [0.2, 0.25) is 0 Å². The maximum atomic E-state index is 12.1. The van der Waals surface area contributed by atoms with Crippen LogP contribution in [0.25, 0.3) is 0 Å². The second-order valence-corrected chi connectivity index (χ2v) is 5.85. The van der Waals surface area contributed by atoms with E-state index in [-0.39, 0.29) is 18.0 Å². The van der Waals surface area contributed by atoms with E-state index in [1.165, 1.54) is 18.2 Å². The molecule has 0 unspecified atom stereocenters. The van der Waals surface area contributed by atoms with Crippen LogP contribution in [0.15, 0.2) is 16.0 Å². The number of fused-ring (bicyclic) bond motifs is 1. The molecule has 0 saturated heterocycles. The van der Waals surface area contributed by atoms with Crippen molar-refractivity contribution in [2.24, 2.45) is 0 Å². The summed E-state index contributed by atoms with van der Waals surface area (Å²) in [4.78, 5) is 27.4. The van der Waals surface area contributed by atoms with Gasteiger partial charge in [-0.05, 0) is 12.8 Å². The van der Waals surface area contributed by atoms with Crippen LogP contribution in [-0.2, 0) is 4.79 Å². The number of thioether (sulfide) groups is 1. The van der Waals surface area contributed by atoms with Gasteiger partial charge in [-0.3, -0.25) is 14.2 Å². The van der Waals surface area contributed by atoms with Crippen molar-refractivity contribution in [3.63, 3.8) is 0 Å². The van der Waals surface area contributed by atoms with E-state index in [0.717, 1.165) is 18.5 Å². The molecule has 1 aliphatic heterocycles. The van der Waals surface area contributed by atoms with Gasteiger partial charge in [-0.25, -0.2) is 4.98 Å². The fourth-order valence-corrected chi connectivity index (χ4v) is 3.59. The van der Waals surface area contributed by atoms with Crippen LogP contribution < -0.4 is 5.56 Å². The molecule has 1 aromatic rings. The first-order valence-corrected chi connectivity index (χ1v) is 7.12. The van der Waals surface area contributed by atoms with E-state index in [1.54, 1.807) is 10.6 Å². The van der Waals surface area contributed by atoms with E-state index in [1.807, 2.05) is 0 Å². The second-order valence-electron chi connectivity index (χ2n) is 4.86. The van der Waals surface area contributed by atoms with Gasteiger partial charge in [0.25, 0.3) is 5.56 Å². The third-order valence-corrected chi connectivity index (χ3v) is 4.74. The summed E-state index contributed by atoms with van der Waals surface area (Å²) in [5.74, 6) is 0.189. The number of nitrogens with zero attached hydrogens (tertiary/aromatic N) is 2. The van der Waals surface area contributed by atoms with Crippen molar-refractivity contribution in [3.8, 4) is 0 Å². The van der Waals surface area contributed by atoms with Crippen molar-refractivity contribution in [2.75, 3.05) is 5.75 Å². The first kappa shape index (κ1) is 11.8. The molecule has 1 N–H and O–H groups in total. The Morgan fingerprint density at radius 1 is 1.56 bits per heavy atom. The van der Waals surface area contributed by atoms with Crippen LogP contribution in [0, 0.1) is 0 Å². The van der Waals surface area contributed by atoms with E-state index < -0.39 is 5.97 Å². The summed E-state index contributed by atoms with van der Waals surface area (Å²) in [6.45, 7) is 0. The molecule has 0 bridgehead atoms. The van der Waals surface area contributed by atoms with Crippen molar-refractivity contribution in [1.29, 1.82) is 0 Å². The van der Waals surface area contributed by atoms with Crippen LogP contribution in [0.3, 0.4) is 0 Å². The highest BCUT2D eigenvalue weighted by atomic mass is 32.2. The predicted octanol–water partition coefficient (Wildman–Crippen LogP) is 1.63. The highest BCUT2D eigenvalue weighted by molar-refractivity contribution is 7.99. The number of hydrogen-bond acceptors (Lipinski definition) is 4. The van der Waals surface area contributed by atoms with E-state index in [9.17, 15) is 9.59 Å². The minimum Gasteiger partial charge on any atom is -0.481 e. The second kappa shape index (κ2) is 4.42. The Morgan fingerprint density at radius 3 is 2.94 bits per heavy atom. The van der Waals surface area contributed by atoms with Crippen molar-refractivity contribution < 1.29 is 9.90 Å². The maximum Gasteiger partial charge on any atom is 0.305 e. The number of carbonyl (C=O) groups is 1. The van der Waals surface area contributed by atoms with Crippen molar-refractivity contribution in [1.82, 2.24) is 9.55 Å². The summed E-state index contributed by atoms with van der Waals surface area (Å²) < 4.78 is 1.54. The van der Waals surface area contributed by atoms with Crippen molar-refractivity contribution in [2.45, 2.75) is 42.8 Å². The number of hydrogen-bond donors (Lipinski definition) is 1. The minimum atomic E-state index is -0.872. The first-order valence-electron chi connectivity index (χ1n) is 6.13. The fraction of sp³-hybridized carbons (Fsp3) is 0.583. The molecule has 2 heterocycles. The molecule has 18 heavy (non-hydrogen) atoms. The lowest BCUT2D eigenvalue weighted by atomic mass is 9.83. The number of aliphatic carboxylic acids is 1. The van der Waals surface area contributed by atoms with Gasteiger partial charge in [-0.1, -0.05) is 18.2 Å². The average Bonchev–Trinajstić information content (AvgIpc) is 2.58. The van der Waals surface area contributed by atoms with Gasteiger partial charge in [0.1, 0.15) is 0 Å². The van der Waals surface area contributed by atoms with Crippen LogP contribution >= 0.6 is 11.8 Å². The molecule has 0 spiro atoms. The van der Waals surface area contributed by atoms with E-state index >= 15 is 0 Å². The topological polar surface area (TPSA) is 72.2 Å². The SMILES string of the molecule is O=C(O)C[C@H]1CSc2nc(C3CCC3)cc(=O)n21. The molecule has 3 rings (SSSR count). The van der Waals surface area contributed by atoms with E-state index in [4.69, 9.17) is 5.11 Å². The molecule has 1 aromatic heterocycles. The van der Waals surface area contributed by atoms with Gasteiger partial charge < -0.3 is 5.11 Å². The quantitative estimate of drug-likeness (QED) is 0.842. The van der Waals surface area contributed by atoms with Gasteiger partial charge in [-0.2, -0.15) is 0 Å². The Balaban J connectivity index is 1.94. The minimum absolute atomic E-state index is 0.00956. The summed E-state index contributed by atoms with van der Waals surface area (Å²) in [5.41, 5.74) is 0.791. The molecule has 1 fully saturated rings. The van der Waals surface area contributed by atoms with Crippen LogP contribution in [0.4, 0.5) is 0 Å². The molecule has 0 radical (unpaired) electrons. The highest BCUT2D eigenvalue weighted by Crippen LogP contribution is 2.37. The number of carboxylic acids is 1. The zero-order valence-electron chi connectivity index (χ0n) is 9.83. The Labute approximate surface area is 108 Å². The summed E-state index contributed by atoms with van der Waals surface area (Å²) in [6, 6.07) is 1.34. The highest BCUT2D eigenvalue weighted by Gasteiger charge is 2.29. The lowest BCUT2D eigenvalue weighted by Crippen LogP contribution is -2.27. The van der Waals surface area contributed by atoms with Gasteiger partial charge in [-0.15, -0.1) is 0 Å². The molecule has 1 aliphatic carbocycles. The summed E-state index contributed by atoms with van der Waals surface area (Å²) in [6.07, 6.45) is 3.42. The third kappa shape index (κ3) is 1.94. The summed E-state index contributed by atoms with van der Waals surface area (Å²) >= 11 is 1.49. The molecule has 1 saturated carbocycles. The standard InChI is InChI=1S/C12H14N2O3S/c15-10-5-9(7-2-1-3-7)13-12-14(10)8(6-18-12)4-11(16)17/h5,7-8H,1-4,6H2,(H,16,17)/t8-/m0/s1. The molecular formula is C12H14N2O3S. The molecule has 0 aromatic carbocycles. The van der Waals surface area contributed by atoms with E-state index in [2.05, 4.69) is 4.98 Å². The number of aromatic nitrogens is 2. The van der Waals surface area contributed by atoms with Gasteiger partial charge in [0.05, 0.1) is 18.2 Å². The zero-order chi connectivity index (χ0) is 12.7. The maximum absolute atomic E-state index is 12.1. The molecule has 2 aliphatic rings. The smallest absolute Gasteiger partial charge is 0.305 e. The number of rotatable bonds is 3. The average molecular weight is 266 g/mol. The van der Waals surface area contributed by atoms with Crippen molar-refractivity contribution in [3.05, 3.63) is 22.1 Å². The normalized spacial score (nSPS) is 22.6. The molecule has 0 amide bonds. The predicted molar refractivity (Wildman–Crippen MR) is 67.1 cm³/mol. The molecule has 6 heteroatoms. The van der Waals surface area contributed by atoms with E-state index in [0.29, 0.717) is 16.8 Å². The number of carboxylic acid groups (broad SMARTS) is 1. The van der Waals surface area contributed by atoms with Crippen molar-refractivity contribution >= 4 is 17.7 Å². The first-order chi connectivity index (χ1) is 8.65. The third-order valence-electron chi connectivity index (χ3n) is 3.64. The molecule has 96 valence electrons. The summed E-state index contributed by atoms with van der Waals surface area (Å²) in [5, 5.41) is 9.53. The Morgan fingerprint density at radius 2 is 2.33 bits per heavy atom. The Hall–Kier alpha value is -1.30. The Kier molecular flexibility index (Phi) is 2.89. The molecule has 1 atom stereocenters. The van der Waals surface area contributed by atoms with Gasteiger partial charge in [0.15, 0.2) is 5.16 Å². The molecular weight excluding hydrogens is 252 g/mol. The summed E-state index contributed by atoms with van der Waals surface area (Å²) in [7, 11) is 0. The monoisotopic (exact) mass is 266 g/mol. The van der Waals surface area contributed by atoms with Gasteiger partial charge >= 0.3 is 5.97 Å². The van der Waals surface area contributed by atoms with Crippen LogP contribution in [0.2, 0.25) is 0 Å². The zero-order valence-corrected chi connectivity index (χ0v) is 10.7. The Bertz CT molecular complexity index is 551. The lowest BCUT2D eigenvalue weighted by molar-refractivity contribution is -0.137. The van der Waals surface area contributed by atoms with Gasteiger partial charge in [0, 0.05) is 17.7 Å². The fourth-order valence-electron chi connectivity index (χ4n) is 2.44. The van der Waals surface area contributed by atoms with Crippen LogP contribution in [0.5, 0.6) is 0 Å².